The highest BCUT2D eigenvalue weighted by molar-refractivity contribution is 5.94. The van der Waals surface area contributed by atoms with E-state index in [0.717, 1.165) is 0 Å². The van der Waals surface area contributed by atoms with Crippen LogP contribution in [0.2, 0.25) is 0 Å². The second kappa shape index (κ2) is 5.77. The molecule has 0 aliphatic carbocycles. The van der Waals surface area contributed by atoms with Gasteiger partial charge in [-0.15, -0.1) is 0 Å². The summed E-state index contributed by atoms with van der Waals surface area (Å²) in [5, 5.41) is 12.8. The number of carboxylic acids is 1. The van der Waals surface area contributed by atoms with Gasteiger partial charge in [0.2, 0.25) is 0 Å². The van der Waals surface area contributed by atoms with Gasteiger partial charge in [-0.3, -0.25) is 5.43 Å². The molecule has 0 saturated carbocycles. The van der Waals surface area contributed by atoms with Crippen LogP contribution in [0.5, 0.6) is 0 Å². The van der Waals surface area contributed by atoms with Crippen LogP contribution in [0.4, 0.5) is 10.1 Å². The summed E-state index contributed by atoms with van der Waals surface area (Å²) in [6.45, 7) is 0. The average Bonchev–Trinajstić information content (AvgIpc) is 2.41. The number of halogens is 1. The lowest BCUT2D eigenvalue weighted by atomic mass is 10.2. The quantitative estimate of drug-likeness (QED) is 0.654. The third-order valence-corrected chi connectivity index (χ3v) is 2.45. The lowest BCUT2D eigenvalue weighted by Gasteiger charge is -2.04. The summed E-state index contributed by atoms with van der Waals surface area (Å²) in [4.78, 5) is 11.0. The monoisotopic (exact) mass is 258 g/mol. The van der Waals surface area contributed by atoms with Crippen molar-refractivity contribution in [3.8, 4) is 0 Å². The lowest BCUT2D eigenvalue weighted by Crippen LogP contribution is -2.02. The van der Waals surface area contributed by atoms with Crippen LogP contribution in [-0.2, 0) is 0 Å². The maximum absolute atomic E-state index is 13.3. The molecule has 0 aliphatic rings. The average molecular weight is 258 g/mol. The van der Waals surface area contributed by atoms with Crippen LogP contribution in [0.1, 0.15) is 15.9 Å². The first-order chi connectivity index (χ1) is 9.18. The summed E-state index contributed by atoms with van der Waals surface area (Å²) >= 11 is 0. The Bertz CT molecular complexity index is 626. The van der Waals surface area contributed by atoms with Crippen molar-refractivity contribution in [2.24, 2.45) is 5.10 Å². The van der Waals surface area contributed by atoms with Gasteiger partial charge in [0.15, 0.2) is 0 Å². The molecule has 0 bridgehead atoms. The van der Waals surface area contributed by atoms with Crippen molar-refractivity contribution in [1.82, 2.24) is 0 Å². The second-order valence-electron chi connectivity index (χ2n) is 3.74. The Morgan fingerprint density at radius 2 is 1.84 bits per heavy atom. The molecule has 2 N–H and O–H groups in total. The van der Waals surface area contributed by atoms with E-state index in [2.05, 4.69) is 10.5 Å². The fourth-order valence-corrected chi connectivity index (χ4v) is 1.52. The summed E-state index contributed by atoms with van der Waals surface area (Å²) < 4.78 is 13.3. The van der Waals surface area contributed by atoms with E-state index < -0.39 is 5.97 Å². The van der Waals surface area contributed by atoms with Crippen molar-refractivity contribution >= 4 is 17.9 Å². The minimum Gasteiger partial charge on any atom is -0.478 e. The number of nitrogens with one attached hydrogen (secondary N) is 1. The highest BCUT2D eigenvalue weighted by Gasteiger charge is 2.07. The second-order valence-corrected chi connectivity index (χ2v) is 3.74. The van der Waals surface area contributed by atoms with Crippen LogP contribution < -0.4 is 5.43 Å². The maximum Gasteiger partial charge on any atom is 0.337 e. The number of nitrogens with zero attached hydrogens (tertiary/aromatic N) is 1. The Balaban J connectivity index is 2.15. The van der Waals surface area contributed by atoms with Gasteiger partial charge in [0.25, 0.3) is 0 Å². The third-order valence-electron chi connectivity index (χ3n) is 2.45. The first-order valence-corrected chi connectivity index (χ1v) is 5.54. The largest absolute Gasteiger partial charge is 0.478 e. The molecule has 0 amide bonds. The Labute approximate surface area is 109 Å². The number of para-hydroxylation sites is 1. The number of hydrazone groups is 1. The van der Waals surface area contributed by atoms with E-state index in [-0.39, 0.29) is 11.4 Å². The summed E-state index contributed by atoms with van der Waals surface area (Å²) in [6.07, 6.45) is 1.30. The van der Waals surface area contributed by atoms with Crippen LogP contribution in [0.15, 0.2) is 53.6 Å². The SMILES string of the molecule is O=C(O)c1ccccc1N/N=C\c1ccccc1F. The molecule has 2 aromatic carbocycles. The van der Waals surface area contributed by atoms with E-state index in [4.69, 9.17) is 5.11 Å². The molecule has 4 nitrogen and oxygen atoms in total. The van der Waals surface area contributed by atoms with Crippen LogP contribution >= 0.6 is 0 Å². The van der Waals surface area contributed by atoms with Gasteiger partial charge in [0.1, 0.15) is 5.82 Å². The number of rotatable bonds is 4. The molecular weight excluding hydrogens is 247 g/mol. The third kappa shape index (κ3) is 3.16. The molecule has 0 aliphatic heterocycles. The van der Waals surface area contributed by atoms with Gasteiger partial charge in [0.05, 0.1) is 17.5 Å². The molecule has 0 unspecified atom stereocenters. The topological polar surface area (TPSA) is 61.7 Å². The summed E-state index contributed by atoms with van der Waals surface area (Å²) in [5.41, 5.74) is 3.37. The molecule has 19 heavy (non-hydrogen) atoms. The van der Waals surface area contributed by atoms with Crippen LogP contribution in [-0.4, -0.2) is 17.3 Å². The number of aromatic carboxylic acids is 1. The number of carboxylic acid groups (broad SMARTS) is 1. The van der Waals surface area contributed by atoms with Crippen molar-refractivity contribution < 1.29 is 14.3 Å². The predicted molar refractivity (Wildman–Crippen MR) is 71.0 cm³/mol. The van der Waals surface area contributed by atoms with Gasteiger partial charge in [-0.25, -0.2) is 9.18 Å². The number of benzene rings is 2. The molecule has 0 spiro atoms. The van der Waals surface area contributed by atoms with Crippen LogP contribution in [0.3, 0.4) is 0 Å². The van der Waals surface area contributed by atoms with Gasteiger partial charge in [-0.2, -0.15) is 5.10 Å². The Kier molecular flexibility index (Phi) is 3.87. The first kappa shape index (κ1) is 12.8. The highest BCUT2D eigenvalue weighted by atomic mass is 19.1. The molecule has 96 valence electrons. The lowest BCUT2D eigenvalue weighted by molar-refractivity contribution is 0.0698. The predicted octanol–water partition coefficient (Wildman–Crippen LogP) is 2.97. The van der Waals surface area contributed by atoms with Gasteiger partial charge in [0, 0.05) is 5.56 Å². The first-order valence-electron chi connectivity index (χ1n) is 5.54. The standard InChI is InChI=1S/C14H11FN2O2/c15-12-7-3-1-5-10(12)9-16-17-13-8-4-2-6-11(13)14(18)19/h1-9,17H,(H,18,19)/b16-9-. The zero-order valence-corrected chi connectivity index (χ0v) is 9.88. The van der Waals surface area contributed by atoms with Gasteiger partial charge in [-0.05, 0) is 18.2 Å². The fourth-order valence-electron chi connectivity index (χ4n) is 1.52. The summed E-state index contributed by atoms with van der Waals surface area (Å²) in [7, 11) is 0. The summed E-state index contributed by atoms with van der Waals surface area (Å²) in [5.74, 6) is -1.44. The Morgan fingerprint density at radius 1 is 1.16 bits per heavy atom. The Morgan fingerprint density at radius 3 is 2.58 bits per heavy atom. The van der Waals surface area contributed by atoms with Gasteiger partial charge < -0.3 is 5.11 Å². The molecule has 0 radical (unpaired) electrons. The van der Waals surface area contributed by atoms with E-state index in [1.54, 1.807) is 36.4 Å². The minimum absolute atomic E-state index is 0.105. The number of anilines is 1. The number of hydrogen-bond donors (Lipinski definition) is 2. The van der Waals surface area contributed by atoms with E-state index >= 15 is 0 Å². The van der Waals surface area contributed by atoms with Gasteiger partial charge in [-0.1, -0.05) is 30.3 Å². The van der Waals surface area contributed by atoms with Crippen molar-refractivity contribution in [2.45, 2.75) is 0 Å². The molecule has 0 saturated heterocycles. The van der Waals surface area contributed by atoms with Crippen LogP contribution in [0, 0.1) is 5.82 Å². The number of carbonyl (C=O) groups is 1. The molecule has 2 aromatic rings. The van der Waals surface area contributed by atoms with E-state index in [0.29, 0.717) is 11.3 Å². The zero-order chi connectivity index (χ0) is 13.7. The highest BCUT2D eigenvalue weighted by Crippen LogP contribution is 2.14. The van der Waals surface area contributed by atoms with Crippen molar-refractivity contribution in [3.63, 3.8) is 0 Å². The van der Waals surface area contributed by atoms with Crippen molar-refractivity contribution in [2.75, 3.05) is 5.43 Å². The van der Waals surface area contributed by atoms with E-state index in [9.17, 15) is 9.18 Å². The smallest absolute Gasteiger partial charge is 0.337 e. The molecule has 0 fully saturated rings. The normalized spacial score (nSPS) is 10.6. The molecule has 0 aromatic heterocycles. The fraction of sp³-hybridized carbons (Fsp3) is 0. The van der Waals surface area contributed by atoms with Crippen molar-refractivity contribution in [1.29, 1.82) is 0 Å². The number of hydrogen-bond acceptors (Lipinski definition) is 3. The van der Waals surface area contributed by atoms with E-state index in [1.807, 2.05) is 0 Å². The maximum atomic E-state index is 13.3. The molecular formula is C14H11FN2O2. The van der Waals surface area contributed by atoms with Crippen molar-refractivity contribution in [3.05, 3.63) is 65.5 Å². The van der Waals surface area contributed by atoms with Crippen LogP contribution in [0.25, 0.3) is 0 Å². The molecule has 0 heterocycles. The summed E-state index contributed by atoms with van der Waals surface area (Å²) in [6, 6.07) is 12.5. The molecule has 2 rings (SSSR count). The van der Waals surface area contributed by atoms with E-state index in [1.165, 1.54) is 18.3 Å². The Hall–Kier alpha value is -2.69. The zero-order valence-electron chi connectivity index (χ0n) is 9.88. The molecule has 5 heteroatoms. The minimum atomic E-state index is -1.05. The van der Waals surface area contributed by atoms with Gasteiger partial charge >= 0.3 is 5.97 Å². The molecule has 0 atom stereocenters.